The lowest BCUT2D eigenvalue weighted by molar-refractivity contribution is -0.384. The molecule has 0 unspecified atom stereocenters. The van der Waals surface area contributed by atoms with Crippen molar-refractivity contribution in [2.45, 2.75) is 20.0 Å². The summed E-state index contributed by atoms with van der Waals surface area (Å²) >= 11 is 0. The number of nitro benzene ring substituents is 1. The molecule has 0 bridgehead atoms. The molecule has 10 nitrogen and oxygen atoms in total. The van der Waals surface area contributed by atoms with Crippen LogP contribution in [0.1, 0.15) is 13.8 Å². The number of anilines is 2. The Labute approximate surface area is 174 Å². The van der Waals surface area contributed by atoms with Crippen molar-refractivity contribution < 1.29 is 27.6 Å². The van der Waals surface area contributed by atoms with Crippen molar-refractivity contribution in [1.82, 2.24) is 0 Å². The molecular formula is C19H23N3O7S. The van der Waals surface area contributed by atoms with Gasteiger partial charge in [0.25, 0.3) is 5.69 Å². The summed E-state index contributed by atoms with van der Waals surface area (Å²) in [5, 5.41) is 13.5. The van der Waals surface area contributed by atoms with Crippen molar-refractivity contribution in [2.75, 3.05) is 29.5 Å². The second kappa shape index (κ2) is 9.44. The first-order valence-corrected chi connectivity index (χ1v) is 10.7. The predicted molar refractivity (Wildman–Crippen MR) is 113 cm³/mol. The minimum Gasteiger partial charge on any atom is -0.495 e. The molecule has 0 aliphatic carbocycles. The van der Waals surface area contributed by atoms with Crippen LogP contribution in [0.25, 0.3) is 0 Å². The van der Waals surface area contributed by atoms with Crippen LogP contribution >= 0.6 is 0 Å². The fourth-order valence-electron chi connectivity index (χ4n) is 2.61. The van der Waals surface area contributed by atoms with Gasteiger partial charge in [0.15, 0.2) is 0 Å². The summed E-state index contributed by atoms with van der Waals surface area (Å²) in [5.74, 6) is -0.0431. The third kappa shape index (κ3) is 6.08. The molecule has 0 aliphatic heterocycles. The molecule has 0 saturated heterocycles. The molecule has 0 aromatic heterocycles. The summed E-state index contributed by atoms with van der Waals surface area (Å²) in [7, 11) is -2.46. The number of non-ortho nitro benzene ring substituents is 1. The highest BCUT2D eigenvalue weighted by molar-refractivity contribution is 7.92. The minimum atomic E-state index is -3.81. The van der Waals surface area contributed by atoms with Crippen molar-refractivity contribution in [3.8, 4) is 11.5 Å². The van der Waals surface area contributed by atoms with Crippen LogP contribution in [-0.4, -0.2) is 45.3 Å². The first-order chi connectivity index (χ1) is 14.0. The first-order valence-electron chi connectivity index (χ1n) is 8.88. The van der Waals surface area contributed by atoms with Gasteiger partial charge in [0.05, 0.1) is 35.8 Å². The van der Waals surface area contributed by atoms with Gasteiger partial charge >= 0.3 is 0 Å². The van der Waals surface area contributed by atoms with E-state index < -0.39 is 27.4 Å². The van der Waals surface area contributed by atoms with Gasteiger partial charge < -0.3 is 14.8 Å². The van der Waals surface area contributed by atoms with Gasteiger partial charge in [-0.3, -0.25) is 19.2 Å². The predicted octanol–water partition coefficient (Wildman–Crippen LogP) is 2.80. The molecule has 1 amide bonds. The van der Waals surface area contributed by atoms with Crippen LogP contribution in [0.4, 0.5) is 17.1 Å². The van der Waals surface area contributed by atoms with E-state index >= 15 is 0 Å². The standard InChI is InChI=1S/C19H23N3O7S/c1-13(2)29-16-7-5-6-14(10-16)21(30(4,26)27)12-19(23)20-17-11-15(22(24)25)8-9-18(17)28-3/h5-11,13H,12H2,1-4H3,(H,20,23). The van der Waals surface area contributed by atoms with E-state index in [-0.39, 0.29) is 28.9 Å². The lowest BCUT2D eigenvalue weighted by Crippen LogP contribution is -2.37. The van der Waals surface area contributed by atoms with Crippen molar-refractivity contribution in [1.29, 1.82) is 0 Å². The van der Waals surface area contributed by atoms with Crippen LogP contribution in [0.5, 0.6) is 11.5 Å². The van der Waals surface area contributed by atoms with Gasteiger partial charge in [-0.1, -0.05) is 6.07 Å². The molecular weight excluding hydrogens is 414 g/mol. The van der Waals surface area contributed by atoms with Gasteiger partial charge in [-0.05, 0) is 32.0 Å². The highest BCUT2D eigenvalue weighted by Crippen LogP contribution is 2.29. The van der Waals surface area contributed by atoms with Gasteiger partial charge in [0, 0.05) is 18.2 Å². The summed E-state index contributed by atoms with van der Waals surface area (Å²) in [4.78, 5) is 23.0. The number of ether oxygens (including phenoxy) is 2. The van der Waals surface area contributed by atoms with Crippen LogP contribution in [0.15, 0.2) is 42.5 Å². The van der Waals surface area contributed by atoms with E-state index in [1.807, 2.05) is 13.8 Å². The van der Waals surface area contributed by atoms with E-state index in [1.54, 1.807) is 12.1 Å². The Balaban J connectivity index is 2.30. The van der Waals surface area contributed by atoms with E-state index in [9.17, 15) is 23.3 Å². The zero-order valence-corrected chi connectivity index (χ0v) is 17.8. The number of sulfonamides is 1. The molecule has 0 heterocycles. The van der Waals surface area contributed by atoms with Gasteiger partial charge in [0.2, 0.25) is 15.9 Å². The Hall–Kier alpha value is -3.34. The number of hydrogen-bond donors (Lipinski definition) is 1. The second-order valence-electron chi connectivity index (χ2n) is 6.62. The maximum Gasteiger partial charge on any atom is 0.271 e. The molecule has 2 aromatic rings. The SMILES string of the molecule is COc1ccc([N+](=O)[O-])cc1NC(=O)CN(c1cccc(OC(C)C)c1)S(C)(=O)=O. The average Bonchev–Trinajstić information content (AvgIpc) is 2.64. The molecule has 2 rings (SSSR count). The van der Waals surface area contributed by atoms with Gasteiger partial charge in [-0.15, -0.1) is 0 Å². The van der Waals surface area contributed by atoms with Crippen molar-refractivity contribution in [3.05, 3.63) is 52.6 Å². The van der Waals surface area contributed by atoms with Crippen LogP contribution in [0.2, 0.25) is 0 Å². The number of nitrogens with zero attached hydrogens (tertiary/aromatic N) is 2. The van der Waals surface area contributed by atoms with E-state index in [2.05, 4.69) is 5.32 Å². The monoisotopic (exact) mass is 437 g/mol. The topological polar surface area (TPSA) is 128 Å². The van der Waals surface area contributed by atoms with Gasteiger partial charge in [-0.2, -0.15) is 0 Å². The Morgan fingerprint density at radius 1 is 1.23 bits per heavy atom. The number of methoxy groups -OCH3 is 1. The van der Waals surface area contributed by atoms with Crippen molar-refractivity contribution in [3.63, 3.8) is 0 Å². The Kier molecular flexibility index (Phi) is 7.22. The zero-order valence-electron chi connectivity index (χ0n) is 17.0. The van der Waals surface area contributed by atoms with Crippen molar-refractivity contribution in [2.24, 2.45) is 0 Å². The van der Waals surface area contributed by atoms with E-state index in [0.717, 1.165) is 16.6 Å². The van der Waals surface area contributed by atoms with E-state index in [4.69, 9.17) is 9.47 Å². The van der Waals surface area contributed by atoms with E-state index in [1.165, 1.54) is 31.4 Å². The Morgan fingerprint density at radius 3 is 2.50 bits per heavy atom. The molecule has 0 fully saturated rings. The molecule has 0 aliphatic rings. The number of carbonyl (C=O) groups excluding carboxylic acids is 1. The molecule has 0 radical (unpaired) electrons. The minimum absolute atomic E-state index is 0.0574. The fourth-order valence-corrected chi connectivity index (χ4v) is 3.46. The Morgan fingerprint density at radius 2 is 1.93 bits per heavy atom. The number of nitrogens with one attached hydrogen (secondary N) is 1. The summed E-state index contributed by atoms with van der Waals surface area (Å²) < 4.78 is 36.2. The Bertz CT molecular complexity index is 1040. The number of carbonyl (C=O) groups is 1. The highest BCUT2D eigenvalue weighted by atomic mass is 32.2. The maximum absolute atomic E-state index is 12.6. The highest BCUT2D eigenvalue weighted by Gasteiger charge is 2.23. The molecule has 11 heteroatoms. The zero-order chi connectivity index (χ0) is 22.5. The smallest absolute Gasteiger partial charge is 0.271 e. The quantitative estimate of drug-likeness (QED) is 0.472. The lowest BCUT2D eigenvalue weighted by Gasteiger charge is -2.23. The number of benzene rings is 2. The fraction of sp³-hybridized carbons (Fsp3) is 0.316. The third-order valence-corrected chi connectivity index (χ3v) is 4.97. The lowest BCUT2D eigenvalue weighted by atomic mass is 10.2. The molecule has 2 aromatic carbocycles. The molecule has 1 N–H and O–H groups in total. The summed E-state index contributed by atoms with van der Waals surface area (Å²) in [6.45, 7) is 3.12. The maximum atomic E-state index is 12.6. The van der Waals surface area contributed by atoms with Crippen LogP contribution in [-0.2, 0) is 14.8 Å². The van der Waals surface area contributed by atoms with Crippen LogP contribution < -0.4 is 19.1 Å². The number of amides is 1. The molecule has 162 valence electrons. The molecule has 0 atom stereocenters. The van der Waals surface area contributed by atoms with Gasteiger partial charge in [0.1, 0.15) is 18.0 Å². The first kappa shape index (κ1) is 22.9. The largest absolute Gasteiger partial charge is 0.495 e. The molecule has 0 saturated carbocycles. The summed E-state index contributed by atoms with van der Waals surface area (Å²) in [6, 6.07) is 10.1. The van der Waals surface area contributed by atoms with Gasteiger partial charge in [-0.25, -0.2) is 8.42 Å². The number of hydrogen-bond acceptors (Lipinski definition) is 7. The van der Waals surface area contributed by atoms with Crippen molar-refractivity contribution >= 4 is 33.0 Å². The number of nitro groups is 1. The van der Waals surface area contributed by atoms with E-state index in [0.29, 0.717) is 5.75 Å². The summed E-state index contributed by atoms with van der Waals surface area (Å²) in [5.41, 5.74) is 0.0588. The van der Waals surface area contributed by atoms with Crippen LogP contribution in [0.3, 0.4) is 0 Å². The molecule has 0 spiro atoms. The average molecular weight is 437 g/mol. The third-order valence-electron chi connectivity index (χ3n) is 3.83. The van der Waals surface area contributed by atoms with Crippen LogP contribution in [0, 0.1) is 10.1 Å². The normalized spacial score (nSPS) is 11.1. The number of rotatable bonds is 9. The second-order valence-corrected chi connectivity index (χ2v) is 8.53. The molecule has 30 heavy (non-hydrogen) atoms. The summed E-state index contributed by atoms with van der Waals surface area (Å²) in [6.07, 6.45) is 0.862.